The van der Waals surface area contributed by atoms with E-state index in [9.17, 15) is 5.11 Å². The van der Waals surface area contributed by atoms with E-state index in [0.29, 0.717) is 30.4 Å². The lowest BCUT2D eigenvalue weighted by Crippen LogP contribution is -2.33. The molecule has 1 unspecified atom stereocenters. The van der Waals surface area contributed by atoms with E-state index in [-0.39, 0.29) is 5.92 Å². The minimum absolute atomic E-state index is 0.0314. The van der Waals surface area contributed by atoms with Crippen LogP contribution in [-0.2, 0) is 13.6 Å². The highest BCUT2D eigenvalue weighted by molar-refractivity contribution is 5.84. The maximum absolute atomic E-state index is 10.1. The van der Waals surface area contributed by atoms with Crippen molar-refractivity contribution in [2.45, 2.75) is 32.9 Å². The van der Waals surface area contributed by atoms with Gasteiger partial charge in [-0.2, -0.15) is 9.97 Å². The van der Waals surface area contributed by atoms with Gasteiger partial charge in [0, 0.05) is 31.7 Å². The number of imidazole rings is 1. The third kappa shape index (κ3) is 4.28. The van der Waals surface area contributed by atoms with Gasteiger partial charge < -0.3 is 26.0 Å². The van der Waals surface area contributed by atoms with Gasteiger partial charge in [0.05, 0.1) is 11.9 Å². The molecular weight excluding hydrogens is 342 g/mol. The molecule has 8 heteroatoms. The average Bonchev–Trinajstić information content (AvgIpc) is 2.99. The molecular formula is C19H27N7O. The Labute approximate surface area is 158 Å². The first kappa shape index (κ1) is 18.9. The maximum Gasteiger partial charge on any atom is 0.226 e. The highest BCUT2D eigenvalue weighted by atomic mass is 16.3. The molecule has 0 aliphatic heterocycles. The Morgan fingerprint density at radius 3 is 2.67 bits per heavy atom. The van der Waals surface area contributed by atoms with Crippen molar-refractivity contribution in [3.63, 3.8) is 0 Å². The molecule has 144 valence electrons. The Balaban J connectivity index is 1.84. The summed E-state index contributed by atoms with van der Waals surface area (Å²) < 4.78 is 1.85. The third-order valence-corrected chi connectivity index (χ3v) is 4.83. The summed E-state index contributed by atoms with van der Waals surface area (Å²) in [4.78, 5) is 13.5. The summed E-state index contributed by atoms with van der Waals surface area (Å²) >= 11 is 0. The molecule has 0 aliphatic carbocycles. The molecule has 0 bridgehead atoms. The first-order valence-electron chi connectivity index (χ1n) is 8.98. The Morgan fingerprint density at radius 1 is 1.22 bits per heavy atom. The first-order chi connectivity index (χ1) is 12.8. The van der Waals surface area contributed by atoms with Gasteiger partial charge in [0.15, 0.2) is 17.0 Å². The Morgan fingerprint density at radius 2 is 1.96 bits per heavy atom. The number of para-hydroxylation sites is 1. The van der Waals surface area contributed by atoms with Crippen LogP contribution in [-0.4, -0.2) is 36.8 Å². The molecule has 1 atom stereocenters. The van der Waals surface area contributed by atoms with Crippen LogP contribution in [0, 0.1) is 5.92 Å². The number of nitrogens with zero attached hydrogens (tertiary/aromatic N) is 4. The number of hydrogen-bond donors (Lipinski definition) is 4. The smallest absolute Gasteiger partial charge is 0.226 e. The van der Waals surface area contributed by atoms with Crippen LogP contribution in [0.1, 0.15) is 26.3 Å². The SMILES string of the molecule is CC(CNc1nc(NCc2ccccc2N)c2ncn(C)c2n1)C(C)(C)O. The van der Waals surface area contributed by atoms with Crippen LogP contribution < -0.4 is 16.4 Å². The minimum atomic E-state index is -0.782. The van der Waals surface area contributed by atoms with Crippen LogP contribution in [0.25, 0.3) is 11.2 Å². The zero-order chi connectivity index (χ0) is 19.6. The van der Waals surface area contributed by atoms with Crippen molar-refractivity contribution in [3.8, 4) is 0 Å². The van der Waals surface area contributed by atoms with Crippen LogP contribution in [0.4, 0.5) is 17.5 Å². The van der Waals surface area contributed by atoms with Gasteiger partial charge in [-0.3, -0.25) is 0 Å². The van der Waals surface area contributed by atoms with E-state index in [1.54, 1.807) is 20.2 Å². The van der Waals surface area contributed by atoms with Gasteiger partial charge in [-0.1, -0.05) is 25.1 Å². The van der Waals surface area contributed by atoms with Gasteiger partial charge in [0.1, 0.15) is 0 Å². The zero-order valence-corrected chi connectivity index (χ0v) is 16.2. The van der Waals surface area contributed by atoms with Crippen molar-refractivity contribution in [2.24, 2.45) is 13.0 Å². The van der Waals surface area contributed by atoms with E-state index in [0.717, 1.165) is 16.9 Å². The average molecular weight is 369 g/mol. The second-order valence-electron chi connectivity index (χ2n) is 7.41. The second-order valence-corrected chi connectivity index (χ2v) is 7.41. The normalized spacial score (nSPS) is 12.9. The number of aryl methyl sites for hydroxylation is 1. The van der Waals surface area contributed by atoms with Crippen LogP contribution in [0.15, 0.2) is 30.6 Å². The molecule has 27 heavy (non-hydrogen) atoms. The molecule has 3 aromatic rings. The van der Waals surface area contributed by atoms with Crippen LogP contribution in [0.5, 0.6) is 0 Å². The lowest BCUT2D eigenvalue weighted by atomic mass is 9.93. The number of anilines is 3. The molecule has 2 heterocycles. The van der Waals surface area contributed by atoms with Crippen molar-refractivity contribution >= 4 is 28.6 Å². The molecule has 1 aromatic carbocycles. The zero-order valence-electron chi connectivity index (χ0n) is 16.2. The summed E-state index contributed by atoms with van der Waals surface area (Å²) in [5, 5.41) is 16.7. The molecule has 5 N–H and O–H groups in total. The molecule has 0 fully saturated rings. The number of rotatable bonds is 7. The molecule has 0 amide bonds. The molecule has 0 radical (unpaired) electrons. The van der Waals surface area contributed by atoms with Crippen molar-refractivity contribution in [3.05, 3.63) is 36.2 Å². The summed E-state index contributed by atoms with van der Waals surface area (Å²) in [5.41, 5.74) is 8.39. The van der Waals surface area contributed by atoms with Crippen molar-refractivity contribution < 1.29 is 5.11 Å². The number of fused-ring (bicyclic) bond motifs is 1. The fourth-order valence-corrected chi connectivity index (χ4v) is 2.58. The number of nitrogens with two attached hydrogens (primary N) is 1. The molecule has 0 spiro atoms. The highest BCUT2D eigenvalue weighted by Crippen LogP contribution is 2.23. The first-order valence-corrected chi connectivity index (χ1v) is 8.98. The largest absolute Gasteiger partial charge is 0.398 e. The van der Waals surface area contributed by atoms with Gasteiger partial charge in [-0.05, 0) is 25.5 Å². The van der Waals surface area contributed by atoms with E-state index in [2.05, 4.69) is 25.6 Å². The number of nitrogens with one attached hydrogen (secondary N) is 2. The summed E-state index contributed by atoms with van der Waals surface area (Å²) in [6.45, 7) is 6.66. The Bertz CT molecular complexity index is 929. The Kier molecular flexibility index (Phi) is 5.18. The van der Waals surface area contributed by atoms with Crippen molar-refractivity contribution in [1.82, 2.24) is 19.5 Å². The maximum atomic E-state index is 10.1. The fraction of sp³-hybridized carbons (Fsp3) is 0.421. The monoisotopic (exact) mass is 369 g/mol. The summed E-state index contributed by atoms with van der Waals surface area (Å²) in [7, 11) is 1.89. The standard InChI is InChI=1S/C19H27N7O/c1-12(19(2,3)27)9-22-18-24-16(15-17(25-18)26(4)11-23-15)21-10-13-7-5-6-8-14(13)20/h5-8,11-12,27H,9-10,20H2,1-4H3,(H2,21,22,24,25). The molecule has 3 rings (SSSR count). The van der Waals surface area contributed by atoms with E-state index >= 15 is 0 Å². The van der Waals surface area contributed by atoms with Gasteiger partial charge in [-0.25, -0.2) is 4.98 Å². The van der Waals surface area contributed by atoms with E-state index in [1.807, 2.05) is 42.8 Å². The van der Waals surface area contributed by atoms with E-state index < -0.39 is 5.60 Å². The molecule has 8 nitrogen and oxygen atoms in total. The van der Waals surface area contributed by atoms with Gasteiger partial charge in [0.25, 0.3) is 0 Å². The van der Waals surface area contributed by atoms with Gasteiger partial charge in [0.2, 0.25) is 5.95 Å². The summed E-state index contributed by atoms with van der Waals surface area (Å²) in [6, 6.07) is 7.71. The lowest BCUT2D eigenvalue weighted by molar-refractivity contribution is 0.0303. The highest BCUT2D eigenvalue weighted by Gasteiger charge is 2.22. The predicted octanol–water partition coefficient (Wildman–Crippen LogP) is 2.38. The van der Waals surface area contributed by atoms with Crippen molar-refractivity contribution in [1.29, 1.82) is 0 Å². The molecule has 0 saturated carbocycles. The fourth-order valence-electron chi connectivity index (χ4n) is 2.58. The number of benzene rings is 1. The van der Waals surface area contributed by atoms with Gasteiger partial charge in [-0.15, -0.1) is 0 Å². The van der Waals surface area contributed by atoms with Crippen molar-refractivity contribution in [2.75, 3.05) is 22.9 Å². The molecule has 0 saturated heterocycles. The van der Waals surface area contributed by atoms with Gasteiger partial charge >= 0.3 is 0 Å². The molecule has 0 aliphatic rings. The number of aromatic nitrogens is 4. The predicted molar refractivity (Wildman–Crippen MR) is 108 cm³/mol. The van der Waals surface area contributed by atoms with E-state index in [4.69, 9.17) is 5.73 Å². The summed E-state index contributed by atoms with van der Waals surface area (Å²) in [5.74, 6) is 1.16. The summed E-state index contributed by atoms with van der Waals surface area (Å²) in [6.07, 6.45) is 1.71. The number of nitrogen functional groups attached to an aromatic ring is 1. The molecule has 2 aromatic heterocycles. The third-order valence-electron chi connectivity index (χ3n) is 4.83. The van der Waals surface area contributed by atoms with Crippen LogP contribution >= 0.6 is 0 Å². The quantitative estimate of drug-likeness (QED) is 0.473. The minimum Gasteiger partial charge on any atom is -0.398 e. The lowest BCUT2D eigenvalue weighted by Gasteiger charge is -2.25. The second kappa shape index (κ2) is 7.40. The topological polar surface area (TPSA) is 114 Å². The van der Waals surface area contributed by atoms with Crippen LogP contribution in [0.3, 0.4) is 0 Å². The van der Waals surface area contributed by atoms with E-state index in [1.165, 1.54) is 0 Å². The van der Waals surface area contributed by atoms with Crippen LogP contribution in [0.2, 0.25) is 0 Å². The number of hydrogen-bond acceptors (Lipinski definition) is 7. The number of aliphatic hydroxyl groups is 1. The Hall–Kier alpha value is -2.87.